The fourth-order valence-corrected chi connectivity index (χ4v) is 5.51. The van der Waals surface area contributed by atoms with E-state index < -0.39 is 17.5 Å². The second-order valence-electron chi connectivity index (χ2n) is 9.41. The van der Waals surface area contributed by atoms with Crippen LogP contribution < -0.4 is 5.32 Å². The van der Waals surface area contributed by atoms with Crippen molar-refractivity contribution >= 4 is 29.3 Å². The number of hydrogen-bond donors (Lipinski definition) is 2. The first-order chi connectivity index (χ1) is 16.9. The van der Waals surface area contributed by atoms with E-state index in [2.05, 4.69) is 32.6 Å². The molecule has 2 aromatic carbocycles. The number of fused-ring (bicyclic) bond motifs is 2. The Morgan fingerprint density at radius 1 is 1.20 bits per heavy atom. The molecular weight excluding hydrogens is 473 g/mol. The number of H-pyrrole nitrogens is 1. The van der Waals surface area contributed by atoms with Crippen LogP contribution in [0.5, 0.6) is 0 Å². The van der Waals surface area contributed by atoms with Gasteiger partial charge < -0.3 is 14.6 Å². The lowest BCUT2D eigenvalue weighted by Crippen LogP contribution is -2.53. The van der Waals surface area contributed by atoms with Gasteiger partial charge in [0.05, 0.1) is 22.8 Å². The minimum Gasteiger partial charge on any atom is -0.436 e. The fourth-order valence-electron chi connectivity index (χ4n) is 5.35. The van der Waals surface area contributed by atoms with Crippen molar-refractivity contribution in [3.8, 4) is 0 Å². The number of benzene rings is 2. The summed E-state index contributed by atoms with van der Waals surface area (Å²) < 4.78 is 20.8. The predicted molar refractivity (Wildman–Crippen MR) is 126 cm³/mol. The summed E-state index contributed by atoms with van der Waals surface area (Å²) in [5.41, 5.74) is 0.268. The van der Waals surface area contributed by atoms with E-state index in [1.54, 1.807) is 6.07 Å². The maximum absolute atomic E-state index is 15.1. The summed E-state index contributed by atoms with van der Waals surface area (Å²) in [5, 5.41) is 10.9. The van der Waals surface area contributed by atoms with E-state index in [9.17, 15) is 9.59 Å². The van der Waals surface area contributed by atoms with Crippen LogP contribution in [0.3, 0.4) is 0 Å². The van der Waals surface area contributed by atoms with Crippen molar-refractivity contribution < 1.29 is 18.7 Å². The van der Waals surface area contributed by atoms with E-state index in [4.69, 9.17) is 16.3 Å². The van der Waals surface area contributed by atoms with Crippen LogP contribution in [0.15, 0.2) is 42.5 Å². The number of nitrogens with zero attached hydrogens (tertiary/aromatic N) is 3. The zero-order valence-electron chi connectivity index (χ0n) is 18.8. The normalized spacial score (nSPS) is 22.3. The van der Waals surface area contributed by atoms with Crippen LogP contribution >= 0.6 is 11.6 Å². The molecular formula is C25H23ClFN5O3. The number of aromatic amines is 1. The number of rotatable bonds is 4. The molecule has 1 saturated carbocycles. The van der Waals surface area contributed by atoms with Gasteiger partial charge in [-0.3, -0.25) is 10.1 Å². The van der Waals surface area contributed by atoms with Gasteiger partial charge in [-0.15, -0.1) is 10.2 Å². The summed E-state index contributed by atoms with van der Waals surface area (Å²) in [7, 11) is 0. The molecule has 6 rings (SSSR count). The van der Waals surface area contributed by atoms with Crippen LogP contribution in [0.25, 0.3) is 0 Å². The Morgan fingerprint density at radius 2 is 2.00 bits per heavy atom. The molecule has 10 heteroatoms. The van der Waals surface area contributed by atoms with Crippen molar-refractivity contribution in [2.45, 2.75) is 37.2 Å². The summed E-state index contributed by atoms with van der Waals surface area (Å²) in [6, 6.07) is 13.0. The van der Waals surface area contributed by atoms with Crippen molar-refractivity contribution in [1.82, 2.24) is 20.1 Å². The van der Waals surface area contributed by atoms with Gasteiger partial charge in [0.25, 0.3) is 5.91 Å². The molecule has 1 unspecified atom stereocenters. The van der Waals surface area contributed by atoms with Crippen LogP contribution in [-0.2, 0) is 10.3 Å². The van der Waals surface area contributed by atoms with Crippen LogP contribution in [-0.4, -0.2) is 45.2 Å². The number of anilines is 1. The first-order valence-electron chi connectivity index (χ1n) is 11.7. The molecule has 2 atom stereocenters. The number of piperidine rings is 1. The molecule has 180 valence electrons. The van der Waals surface area contributed by atoms with Crippen LogP contribution in [0.4, 0.5) is 14.9 Å². The maximum Gasteiger partial charge on any atom is 0.412 e. The molecule has 1 spiro atoms. The Labute approximate surface area is 205 Å². The van der Waals surface area contributed by atoms with Crippen LogP contribution in [0.2, 0.25) is 5.02 Å². The molecule has 3 aliphatic rings. The highest BCUT2D eigenvalue weighted by Gasteiger charge is 2.49. The zero-order chi connectivity index (χ0) is 24.2. The molecule has 0 radical (unpaired) electrons. The quantitative estimate of drug-likeness (QED) is 0.540. The molecule has 3 heterocycles. The molecule has 3 aromatic rings. The van der Waals surface area contributed by atoms with Gasteiger partial charge in [-0.1, -0.05) is 41.9 Å². The molecule has 2 amide bonds. The topological polar surface area (TPSA) is 100 Å². The zero-order valence-corrected chi connectivity index (χ0v) is 19.5. The van der Waals surface area contributed by atoms with Crippen LogP contribution in [0.1, 0.15) is 59.2 Å². The van der Waals surface area contributed by atoms with E-state index >= 15 is 4.39 Å². The largest absolute Gasteiger partial charge is 0.436 e. The van der Waals surface area contributed by atoms with Crippen molar-refractivity contribution in [3.05, 3.63) is 76.1 Å². The number of likely N-dealkylation sites (tertiary alicyclic amines) is 1. The van der Waals surface area contributed by atoms with E-state index in [1.807, 2.05) is 18.2 Å². The third kappa shape index (κ3) is 3.83. The molecule has 1 saturated heterocycles. The van der Waals surface area contributed by atoms with Gasteiger partial charge in [0, 0.05) is 12.5 Å². The summed E-state index contributed by atoms with van der Waals surface area (Å²) in [6.45, 7) is 0.411. The number of ether oxygens (including phenoxy) is 1. The van der Waals surface area contributed by atoms with Gasteiger partial charge in [-0.25, -0.2) is 9.18 Å². The Hall–Kier alpha value is -3.46. The summed E-state index contributed by atoms with van der Waals surface area (Å²) in [4.78, 5) is 30.4. The SMILES string of the molecule is O=C1Nc2ccc(Cl)c(F)c2[C@@]2(CCCN(C(=O)c3nnc(C(c4ccccc4)C4CC4)[nH]3)C2)O1. The van der Waals surface area contributed by atoms with E-state index in [-0.39, 0.29) is 34.8 Å². The second-order valence-corrected chi connectivity index (χ2v) is 9.81. The van der Waals surface area contributed by atoms with Gasteiger partial charge >= 0.3 is 6.09 Å². The minimum atomic E-state index is -1.33. The Morgan fingerprint density at radius 3 is 2.77 bits per heavy atom. The lowest BCUT2D eigenvalue weighted by atomic mass is 9.83. The Balaban J connectivity index is 1.29. The van der Waals surface area contributed by atoms with Crippen molar-refractivity contribution in [3.63, 3.8) is 0 Å². The van der Waals surface area contributed by atoms with E-state index in [0.29, 0.717) is 36.8 Å². The number of hydrogen-bond acceptors (Lipinski definition) is 5. The highest BCUT2D eigenvalue weighted by atomic mass is 35.5. The smallest absolute Gasteiger partial charge is 0.412 e. The molecule has 35 heavy (non-hydrogen) atoms. The summed E-state index contributed by atoms with van der Waals surface area (Å²) >= 11 is 6.05. The molecule has 2 N–H and O–H groups in total. The first kappa shape index (κ1) is 22.0. The molecule has 1 aliphatic carbocycles. The van der Waals surface area contributed by atoms with Crippen LogP contribution in [0, 0.1) is 11.7 Å². The van der Waals surface area contributed by atoms with Gasteiger partial charge in [0.1, 0.15) is 5.82 Å². The number of halogens is 2. The number of amides is 2. The van der Waals surface area contributed by atoms with Gasteiger partial charge in [-0.05, 0) is 49.3 Å². The number of carbonyl (C=O) groups is 2. The average molecular weight is 496 g/mol. The van der Waals surface area contributed by atoms with Gasteiger partial charge in [-0.2, -0.15) is 0 Å². The van der Waals surface area contributed by atoms with Gasteiger partial charge in [0.2, 0.25) is 5.82 Å². The Bertz CT molecular complexity index is 1310. The lowest BCUT2D eigenvalue weighted by molar-refractivity contribution is -0.0420. The second kappa shape index (κ2) is 8.34. The molecule has 8 nitrogen and oxygen atoms in total. The van der Waals surface area contributed by atoms with Crippen molar-refractivity contribution in [2.75, 3.05) is 18.4 Å². The maximum atomic E-state index is 15.1. The van der Waals surface area contributed by atoms with E-state index in [1.165, 1.54) is 11.0 Å². The highest BCUT2D eigenvalue weighted by Crippen LogP contribution is 2.46. The number of aromatic nitrogens is 3. The number of carbonyl (C=O) groups excluding carboxylic acids is 2. The lowest BCUT2D eigenvalue weighted by Gasteiger charge is -2.44. The molecule has 2 fully saturated rings. The van der Waals surface area contributed by atoms with Crippen molar-refractivity contribution in [1.29, 1.82) is 0 Å². The summed E-state index contributed by atoms with van der Waals surface area (Å²) in [6.07, 6.45) is 2.40. The number of nitrogens with one attached hydrogen (secondary N) is 2. The van der Waals surface area contributed by atoms with Crippen molar-refractivity contribution in [2.24, 2.45) is 5.92 Å². The molecule has 1 aromatic heterocycles. The fraction of sp³-hybridized carbons (Fsp3) is 0.360. The van der Waals surface area contributed by atoms with E-state index in [0.717, 1.165) is 18.4 Å². The minimum absolute atomic E-state index is 0.00964. The standard InChI is InChI=1S/C25H23ClFN5O3/c26-16-9-10-17-19(20(16)27)25(35-24(34)28-17)11-4-12-32(13-25)23(33)22-29-21(30-31-22)18(15-7-8-15)14-5-2-1-3-6-14/h1-3,5-6,9-10,15,18H,4,7-8,11-13H2,(H,28,34)(H,29,30,31)/t18?,25-/m0/s1. The third-order valence-corrected chi connectivity index (χ3v) is 7.36. The van der Waals surface area contributed by atoms with Gasteiger partial charge in [0.15, 0.2) is 11.4 Å². The predicted octanol–water partition coefficient (Wildman–Crippen LogP) is 4.83. The summed E-state index contributed by atoms with van der Waals surface area (Å²) in [5.74, 6) is 0.256. The monoisotopic (exact) mass is 495 g/mol. The molecule has 0 bridgehead atoms. The highest BCUT2D eigenvalue weighted by molar-refractivity contribution is 6.31. The first-order valence-corrected chi connectivity index (χ1v) is 12.1. The molecule has 2 aliphatic heterocycles. The average Bonchev–Trinajstić information content (AvgIpc) is 3.57. The Kier molecular flexibility index (Phi) is 5.25. The third-order valence-electron chi connectivity index (χ3n) is 7.07.